The lowest BCUT2D eigenvalue weighted by Gasteiger charge is -2.33. The van der Waals surface area contributed by atoms with E-state index in [0.29, 0.717) is 19.6 Å². The van der Waals surface area contributed by atoms with Gasteiger partial charge >= 0.3 is 0 Å². The maximum Gasteiger partial charge on any atom is 0.292 e. The average Bonchev–Trinajstić information content (AvgIpc) is 2.54. The molecule has 1 aliphatic heterocycles. The van der Waals surface area contributed by atoms with Crippen molar-refractivity contribution in [3.05, 3.63) is 34.1 Å². The third kappa shape index (κ3) is 4.40. The van der Waals surface area contributed by atoms with Gasteiger partial charge in [0.1, 0.15) is 11.5 Å². The first kappa shape index (κ1) is 17.2. The van der Waals surface area contributed by atoms with Gasteiger partial charge in [-0.05, 0) is 25.3 Å². The van der Waals surface area contributed by atoms with E-state index in [1.807, 2.05) is 0 Å². The maximum absolute atomic E-state index is 13.5. The fourth-order valence-corrected chi connectivity index (χ4v) is 2.85. The number of halogens is 1. The summed E-state index contributed by atoms with van der Waals surface area (Å²) in [4.78, 5) is 24.6. The molecule has 0 bridgehead atoms. The van der Waals surface area contributed by atoms with Crippen LogP contribution in [0.1, 0.15) is 32.6 Å². The molecule has 0 saturated carbocycles. The molecule has 1 aromatic carbocycles. The molecule has 1 N–H and O–H groups in total. The van der Waals surface area contributed by atoms with E-state index in [1.165, 1.54) is 12.1 Å². The lowest BCUT2D eigenvalue weighted by atomic mass is 9.96. The van der Waals surface area contributed by atoms with Gasteiger partial charge in [0.15, 0.2) is 0 Å². The quantitative estimate of drug-likeness (QED) is 0.496. The van der Waals surface area contributed by atoms with Gasteiger partial charge in [-0.2, -0.15) is 0 Å². The third-order valence-corrected chi connectivity index (χ3v) is 4.10. The van der Waals surface area contributed by atoms with Crippen LogP contribution in [0.15, 0.2) is 18.2 Å². The summed E-state index contributed by atoms with van der Waals surface area (Å²) in [7, 11) is 0. The number of nitro groups is 1. The first-order valence-electron chi connectivity index (χ1n) is 7.99. The lowest BCUT2D eigenvalue weighted by Crippen LogP contribution is -2.43. The topological polar surface area (TPSA) is 75.5 Å². The molecule has 1 heterocycles. The van der Waals surface area contributed by atoms with Crippen LogP contribution in [0, 0.1) is 21.8 Å². The molecule has 0 aliphatic carbocycles. The second-order valence-corrected chi connectivity index (χ2v) is 5.82. The van der Waals surface area contributed by atoms with Crippen molar-refractivity contribution in [3.8, 4) is 0 Å². The van der Waals surface area contributed by atoms with Crippen molar-refractivity contribution >= 4 is 17.3 Å². The highest BCUT2D eigenvalue weighted by Crippen LogP contribution is 2.32. The molecule has 1 amide bonds. The number of amides is 1. The smallest absolute Gasteiger partial charge is 0.292 e. The SMILES string of the molecule is CCCCNC(=O)C1CCCN(c2cc(F)ccc2[N+](=O)[O-])C1. The summed E-state index contributed by atoms with van der Waals surface area (Å²) in [5.74, 6) is -0.759. The van der Waals surface area contributed by atoms with Crippen LogP contribution in [0.3, 0.4) is 0 Å². The molecule has 0 radical (unpaired) electrons. The predicted molar refractivity (Wildman–Crippen MR) is 85.9 cm³/mol. The van der Waals surface area contributed by atoms with Crippen LogP contribution in [0.25, 0.3) is 0 Å². The molecule has 2 rings (SSSR count). The second-order valence-electron chi connectivity index (χ2n) is 5.82. The van der Waals surface area contributed by atoms with Crippen molar-refractivity contribution in [2.24, 2.45) is 5.92 Å². The number of nitrogens with one attached hydrogen (secondary N) is 1. The van der Waals surface area contributed by atoms with Crippen LogP contribution >= 0.6 is 0 Å². The van der Waals surface area contributed by atoms with E-state index in [-0.39, 0.29) is 23.2 Å². The Hall–Kier alpha value is -2.18. The summed E-state index contributed by atoms with van der Waals surface area (Å²) in [6.45, 7) is 3.66. The zero-order valence-corrected chi connectivity index (χ0v) is 13.3. The van der Waals surface area contributed by atoms with Gasteiger partial charge < -0.3 is 10.2 Å². The number of piperidine rings is 1. The fourth-order valence-electron chi connectivity index (χ4n) is 2.85. The van der Waals surface area contributed by atoms with Crippen LogP contribution in [0.2, 0.25) is 0 Å². The summed E-state index contributed by atoms with van der Waals surface area (Å²) in [5, 5.41) is 14.0. The van der Waals surface area contributed by atoms with Crippen molar-refractivity contribution < 1.29 is 14.1 Å². The molecule has 1 atom stereocenters. The number of hydrogen-bond donors (Lipinski definition) is 1. The van der Waals surface area contributed by atoms with Crippen molar-refractivity contribution in [1.29, 1.82) is 0 Å². The molecule has 126 valence electrons. The van der Waals surface area contributed by atoms with E-state index in [9.17, 15) is 19.3 Å². The molecule has 0 aromatic heterocycles. The molecule has 6 nitrogen and oxygen atoms in total. The highest BCUT2D eigenvalue weighted by atomic mass is 19.1. The minimum Gasteiger partial charge on any atom is -0.365 e. The summed E-state index contributed by atoms with van der Waals surface area (Å²) in [5.41, 5.74) is 0.125. The van der Waals surface area contributed by atoms with Crippen LogP contribution in [-0.2, 0) is 4.79 Å². The highest BCUT2D eigenvalue weighted by Gasteiger charge is 2.29. The highest BCUT2D eigenvalue weighted by molar-refractivity contribution is 5.80. The van der Waals surface area contributed by atoms with E-state index in [1.54, 1.807) is 4.90 Å². The van der Waals surface area contributed by atoms with Gasteiger partial charge in [0.2, 0.25) is 5.91 Å². The van der Waals surface area contributed by atoms with Gasteiger partial charge in [0.05, 0.1) is 10.8 Å². The Labute approximate surface area is 134 Å². The summed E-state index contributed by atoms with van der Waals surface area (Å²) >= 11 is 0. The Morgan fingerprint density at radius 1 is 1.52 bits per heavy atom. The fraction of sp³-hybridized carbons (Fsp3) is 0.562. The minimum absolute atomic E-state index is 0.0257. The number of carbonyl (C=O) groups is 1. The summed E-state index contributed by atoms with van der Waals surface area (Å²) in [6.07, 6.45) is 3.43. The molecular formula is C16H22FN3O3. The number of unbranched alkanes of at least 4 members (excludes halogenated alkanes) is 1. The monoisotopic (exact) mass is 323 g/mol. The zero-order chi connectivity index (χ0) is 16.8. The molecule has 7 heteroatoms. The maximum atomic E-state index is 13.5. The molecule has 1 aliphatic rings. The summed E-state index contributed by atoms with van der Waals surface area (Å²) in [6, 6.07) is 3.44. The minimum atomic E-state index is -0.514. The van der Waals surface area contributed by atoms with Crippen molar-refractivity contribution in [1.82, 2.24) is 5.32 Å². The normalized spacial score (nSPS) is 17.8. The van der Waals surface area contributed by atoms with Gasteiger partial charge in [-0.15, -0.1) is 0 Å². The summed E-state index contributed by atoms with van der Waals surface area (Å²) < 4.78 is 13.5. The van der Waals surface area contributed by atoms with E-state index in [4.69, 9.17) is 0 Å². The number of rotatable bonds is 6. The molecule has 1 fully saturated rings. The Morgan fingerprint density at radius 2 is 2.30 bits per heavy atom. The molecular weight excluding hydrogens is 301 g/mol. The number of benzene rings is 1. The predicted octanol–water partition coefficient (Wildman–Crippen LogP) is 2.87. The van der Waals surface area contributed by atoms with E-state index in [2.05, 4.69) is 12.2 Å². The molecule has 1 saturated heterocycles. The van der Waals surface area contributed by atoms with Gasteiger partial charge in [-0.1, -0.05) is 13.3 Å². The Kier molecular flexibility index (Phi) is 5.90. The van der Waals surface area contributed by atoms with Crippen LogP contribution in [0.5, 0.6) is 0 Å². The zero-order valence-electron chi connectivity index (χ0n) is 13.3. The van der Waals surface area contributed by atoms with Crippen LogP contribution in [-0.4, -0.2) is 30.5 Å². The van der Waals surface area contributed by atoms with Gasteiger partial charge in [0.25, 0.3) is 5.69 Å². The van der Waals surface area contributed by atoms with Crippen molar-refractivity contribution in [3.63, 3.8) is 0 Å². The van der Waals surface area contributed by atoms with E-state index in [0.717, 1.165) is 31.7 Å². The van der Waals surface area contributed by atoms with Crippen molar-refractivity contribution in [2.75, 3.05) is 24.5 Å². The van der Waals surface area contributed by atoms with Gasteiger partial charge in [-0.25, -0.2) is 4.39 Å². The average molecular weight is 323 g/mol. The molecule has 1 unspecified atom stereocenters. The molecule has 1 aromatic rings. The standard InChI is InChI=1S/C16H22FN3O3/c1-2-3-8-18-16(21)12-5-4-9-19(11-12)15-10-13(17)6-7-14(15)20(22)23/h6-7,10,12H,2-5,8-9,11H2,1H3,(H,18,21). The number of nitro benzene ring substituents is 1. The second kappa shape index (κ2) is 7.89. The van der Waals surface area contributed by atoms with Gasteiger partial charge in [-0.3, -0.25) is 14.9 Å². The third-order valence-electron chi connectivity index (χ3n) is 4.10. The Balaban J connectivity index is 2.10. The largest absolute Gasteiger partial charge is 0.365 e. The molecule has 23 heavy (non-hydrogen) atoms. The number of nitrogens with zero attached hydrogens (tertiary/aromatic N) is 2. The number of carbonyl (C=O) groups excluding carboxylic acids is 1. The first-order chi connectivity index (χ1) is 11.0. The number of hydrogen-bond acceptors (Lipinski definition) is 4. The number of anilines is 1. The Bertz CT molecular complexity index is 580. The Morgan fingerprint density at radius 3 is 3.00 bits per heavy atom. The van der Waals surface area contributed by atoms with Crippen LogP contribution < -0.4 is 10.2 Å². The van der Waals surface area contributed by atoms with Gasteiger partial charge in [0, 0.05) is 31.8 Å². The van der Waals surface area contributed by atoms with E-state index < -0.39 is 10.7 Å². The lowest BCUT2D eigenvalue weighted by molar-refractivity contribution is -0.384. The van der Waals surface area contributed by atoms with E-state index >= 15 is 0 Å². The first-order valence-corrected chi connectivity index (χ1v) is 7.99. The molecule has 0 spiro atoms. The van der Waals surface area contributed by atoms with Crippen molar-refractivity contribution in [2.45, 2.75) is 32.6 Å². The van der Waals surface area contributed by atoms with Crippen LogP contribution in [0.4, 0.5) is 15.8 Å².